The van der Waals surface area contributed by atoms with Crippen molar-refractivity contribution in [3.63, 3.8) is 0 Å². The zero-order valence-electron chi connectivity index (χ0n) is 10.4. The van der Waals surface area contributed by atoms with Crippen LogP contribution in [-0.2, 0) is 11.8 Å². The van der Waals surface area contributed by atoms with Crippen molar-refractivity contribution >= 4 is 27.8 Å². The first-order valence-electron chi connectivity index (χ1n) is 5.74. The third-order valence-corrected chi connectivity index (χ3v) is 3.04. The van der Waals surface area contributed by atoms with Gasteiger partial charge in [0.15, 0.2) is 0 Å². The van der Waals surface area contributed by atoms with Crippen LogP contribution in [0.25, 0.3) is 0 Å². The van der Waals surface area contributed by atoms with Crippen LogP contribution in [0.5, 0.6) is 0 Å². The Balaban J connectivity index is 2.44. The maximum atomic E-state index is 11.9. The SMILES string of the molecule is CC(CCCC(=O)O)NC(=O)c1cc(Br)cn1C. The summed E-state index contributed by atoms with van der Waals surface area (Å²) >= 11 is 3.31. The third-order valence-electron chi connectivity index (χ3n) is 2.61. The van der Waals surface area contributed by atoms with E-state index >= 15 is 0 Å². The molecule has 1 atom stereocenters. The Bertz CT molecular complexity index is 443. The fourth-order valence-corrected chi connectivity index (χ4v) is 2.20. The standard InChI is InChI=1S/C12H17BrN2O3/c1-8(4-3-5-11(16)17)14-12(18)10-6-9(13)7-15(10)2/h6-8H,3-5H2,1-2H3,(H,14,18)(H,16,17). The molecule has 0 spiro atoms. The molecule has 1 aromatic heterocycles. The number of nitrogens with one attached hydrogen (secondary N) is 1. The Morgan fingerprint density at radius 2 is 2.22 bits per heavy atom. The lowest BCUT2D eigenvalue weighted by Gasteiger charge is -2.13. The summed E-state index contributed by atoms with van der Waals surface area (Å²) in [5, 5.41) is 11.4. The van der Waals surface area contributed by atoms with Gasteiger partial charge >= 0.3 is 5.97 Å². The summed E-state index contributed by atoms with van der Waals surface area (Å²) in [5.74, 6) is -0.953. The second-order valence-corrected chi connectivity index (χ2v) is 5.23. The molecule has 0 bridgehead atoms. The molecule has 1 unspecified atom stereocenters. The van der Waals surface area contributed by atoms with Crippen molar-refractivity contribution in [1.29, 1.82) is 0 Å². The summed E-state index contributed by atoms with van der Waals surface area (Å²) in [7, 11) is 1.80. The number of nitrogens with zero attached hydrogens (tertiary/aromatic N) is 1. The second-order valence-electron chi connectivity index (χ2n) is 4.31. The highest BCUT2D eigenvalue weighted by Gasteiger charge is 2.13. The number of carbonyl (C=O) groups excluding carboxylic acids is 1. The maximum absolute atomic E-state index is 11.9. The molecule has 100 valence electrons. The number of rotatable bonds is 6. The van der Waals surface area contributed by atoms with Gasteiger partial charge in [-0.2, -0.15) is 0 Å². The van der Waals surface area contributed by atoms with Gasteiger partial charge in [-0.25, -0.2) is 0 Å². The maximum Gasteiger partial charge on any atom is 0.303 e. The Kier molecular flexibility index (Phi) is 5.40. The minimum atomic E-state index is -0.806. The van der Waals surface area contributed by atoms with E-state index in [1.165, 1.54) is 0 Å². The lowest BCUT2D eigenvalue weighted by molar-refractivity contribution is -0.137. The van der Waals surface area contributed by atoms with Crippen molar-refractivity contribution in [2.24, 2.45) is 7.05 Å². The van der Waals surface area contributed by atoms with Crippen LogP contribution in [0.3, 0.4) is 0 Å². The van der Waals surface area contributed by atoms with Crippen LogP contribution in [0.2, 0.25) is 0 Å². The molecule has 0 radical (unpaired) electrons. The van der Waals surface area contributed by atoms with E-state index in [0.29, 0.717) is 18.5 Å². The Morgan fingerprint density at radius 3 is 2.72 bits per heavy atom. The van der Waals surface area contributed by atoms with Crippen molar-refractivity contribution in [2.45, 2.75) is 32.2 Å². The van der Waals surface area contributed by atoms with Crippen LogP contribution in [-0.4, -0.2) is 27.6 Å². The molecule has 0 aliphatic rings. The summed E-state index contributed by atoms with van der Waals surface area (Å²) < 4.78 is 2.59. The van der Waals surface area contributed by atoms with Gasteiger partial charge in [0.25, 0.3) is 5.91 Å². The number of carbonyl (C=O) groups is 2. The molecular formula is C12H17BrN2O3. The first-order chi connectivity index (χ1) is 8.40. The fourth-order valence-electron chi connectivity index (χ4n) is 1.68. The molecule has 0 saturated heterocycles. The van der Waals surface area contributed by atoms with Crippen LogP contribution in [0, 0.1) is 0 Å². The molecule has 5 nitrogen and oxygen atoms in total. The van der Waals surface area contributed by atoms with Crippen LogP contribution in [0.4, 0.5) is 0 Å². The highest BCUT2D eigenvalue weighted by Crippen LogP contribution is 2.13. The van der Waals surface area contributed by atoms with Crippen molar-refractivity contribution in [1.82, 2.24) is 9.88 Å². The predicted octanol–water partition coefficient (Wildman–Crippen LogP) is 2.16. The molecule has 1 rings (SSSR count). The average molecular weight is 317 g/mol. The first-order valence-corrected chi connectivity index (χ1v) is 6.54. The molecule has 1 amide bonds. The molecule has 0 aliphatic carbocycles. The quantitative estimate of drug-likeness (QED) is 0.844. The second kappa shape index (κ2) is 6.58. The molecule has 18 heavy (non-hydrogen) atoms. The topological polar surface area (TPSA) is 71.3 Å². The molecule has 2 N–H and O–H groups in total. The van der Waals surface area contributed by atoms with E-state index in [-0.39, 0.29) is 18.4 Å². The molecular weight excluding hydrogens is 300 g/mol. The number of hydrogen-bond acceptors (Lipinski definition) is 2. The van der Waals surface area contributed by atoms with E-state index in [4.69, 9.17) is 5.11 Å². The van der Waals surface area contributed by atoms with Crippen LogP contribution < -0.4 is 5.32 Å². The van der Waals surface area contributed by atoms with Crippen LogP contribution in [0.1, 0.15) is 36.7 Å². The number of hydrogen-bond donors (Lipinski definition) is 2. The van der Waals surface area contributed by atoms with Gasteiger partial charge in [0.2, 0.25) is 0 Å². The fraction of sp³-hybridized carbons (Fsp3) is 0.500. The number of carboxylic acid groups (broad SMARTS) is 1. The molecule has 0 aromatic carbocycles. The number of aliphatic carboxylic acids is 1. The summed E-state index contributed by atoms with van der Waals surface area (Å²) in [6.07, 6.45) is 3.16. The molecule has 1 heterocycles. The highest BCUT2D eigenvalue weighted by atomic mass is 79.9. The minimum Gasteiger partial charge on any atom is -0.481 e. The normalized spacial score (nSPS) is 12.2. The first kappa shape index (κ1) is 14.8. The summed E-state index contributed by atoms with van der Waals surface area (Å²) in [6.45, 7) is 1.87. The Hall–Kier alpha value is -1.30. The third kappa shape index (κ3) is 4.52. The Labute approximate surface area is 114 Å². The number of aromatic nitrogens is 1. The van der Waals surface area contributed by atoms with E-state index in [0.717, 1.165) is 4.47 Å². The molecule has 0 fully saturated rings. The largest absolute Gasteiger partial charge is 0.481 e. The van der Waals surface area contributed by atoms with Gasteiger partial charge in [-0.05, 0) is 41.8 Å². The van der Waals surface area contributed by atoms with Crippen molar-refractivity contribution < 1.29 is 14.7 Å². The lowest BCUT2D eigenvalue weighted by Crippen LogP contribution is -2.33. The van der Waals surface area contributed by atoms with E-state index in [9.17, 15) is 9.59 Å². The minimum absolute atomic E-state index is 0.0366. The lowest BCUT2D eigenvalue weighted by atomic mass is 10.1. The number of carboxylic acids is 1. The van der Waals surface area contributed by atoms with Gasteiger partial charge in [-0.15, -0.1) is 0 Å². The van der Waals surface area contributed by atoms with Crippen molar-refractivity contribution in [3.05, 3.63) is 22.4 Å². The van der Waals surface area contributed by atoms with Crippen molar-refractivity contribution in [2.75, 3.05) is 0 Å². The average Bonchev–Trinajstić information content (AvgIpc) is 2.57. The Morgan fingerprint density at radius 1 is 1.56 bits per heavy atom. The van der Waals surface area contributed by atoms with Crippen molar-refractivity contribution in [3.8, 4) is 0 Å². The molecule has 0 saturated carbocycles. The van der Waals surface area contributed by atoms with E-state index in [1.807, 2.05) is 13.1 Å². The zero-order chi connectivity index (χ0) is 13.7. The van der Waals surface area contributed by atoms with Crippen LogP contribution >= 0.6 is 15.9 Å². The zero-order valence-corrected chi connectivity index (χ0v) is 12.0. The van der Waals surface area contributed by atoms with E-state index in [1.54, 1.807) is 17.7 Å². The molecule has 1 aromatic rings. The monoisotopic (exact) mass is 316 g/mol. The van der Waals surface area contributed by atoms with E-state index < -0.39 is 5.97 Å². The predicted molar refractivity (Wildman–Crippen MR) is 71.5 cm³/mol. The van der Waals surface area contributed by atoms with Gasteiger partial charge in [0, 0.05) is 30.2 Å². The summed E-state index contributed by atoms with van der Waals surface area (Å²) in [6, 6.07) is 1.71. The summed E-state index contributed by atoms with van der Waals surface area (Å²) in [5.41, 5.74) is 0.576. The summed E-state index contributed by atoms with van der Waals surface area (Å²) in [4.78, 5) is 22.3. The van der Waals surface area contributed by atoms with Gasteiger partial charge < -0.3 is 15.0 Å². The van der Waals surface area contributed by atoms with Gasteiger partial charge in [0.1, 0.15) is 5.69 Å². The smallest absolute Gasteiger partial charge is 0.303 e. The number of halogens is 1. The van der Waals surface area contributed by atoms with Crippen LogP contribution in [0.15, 0.2) is 16.7 Å². The number of amides is 1. The van der Waals surface area contributed by atoms with Gasteiger partial charge in [-0.3, -0.25) is 9.59 Å². The van der Waals surface area contributed by atoms with Gasteiger partial charge in [-0.1, -0.05) is 0 Å². The molecule has 0 aliphatic heterocycles. The van der Waals surface area contributed by atoms with Gasteiger partial charge in [0.05, 0.1) is 0 Å². The number of aryl methyl sites for hydroxylation is 1. The molecule has 6 heteroatoms. The van der Waals surface area contributed by atoms with E-state index in [2.05, 4.69) is 21.2 Å². The highest BCUT2D eigenvalue weighted by molar-refractivity contribution is 9.10.